The Hall–Kier alpha value is -1.73. The Bertz CT molecular complexity index is 752. The van der Waals surface area contributed by atoms with Crippen LogP contribution in [0.15, 0.2) is 16.9 Å². The van der Waals surface area contributed by atoms with Crippen molar-refractivity contribution < 1.29 is 9.90 Å². The highest BCUT2D eigenvalue weighted by molar-refractivity contribution is 5.73. The van der Waals surface area contributed by atoms with E-state index in [1.807, 2.05) is 6.07 Å². The second-order valence-electron chi connectivity index (χ2n) is 8.69. The molecule has 3 heterocycles. The summed E-state index contributed by atoms with van der Waals surface area (Å²) in [4.78, 5) is 27.7. The zero-order valence-corrected chi connectivity index (χ0v) is 16.1. The van der Waals surface area contributed by atoms with Crippen molar-refractivity contribution >= 4 is 5.91 Å². The topological polar surface area (TPSA) is 78.7 Å². The molecule has 148 valence electrons. The van der Waals surface area contributed by atoms with Gasteiger partial charge in [0.15, 0.2) is 0 Å². The van der Waals surface area contributed by atoms with E-state index < -0.39 is 5.60 Å². The van der Waals surface area contributed by atoms with E-state index in [-0.39, 0.29) is 11.5 Å². The van der Waals surface area contributed by atoms with Crippen LogP contribution in [-0.4, -0.2) is 68.9 Å². The Balaban J connectivity index is 1.29. The van der Waals surface area contributed by atoms with Crippen LogP contribution >= 0.6 is 0 Å². The monoisotopic (exact) mass is 374 g/mol. The van der Waals surface area contributed by atoms with Gasteiger partial charge in [0.1, 0.15) is 0 Å². The van der Waals surface area contributed by atoms with Gasteiger partial charge in [-0.3, -0.25) is 9.59 Å². The Morgan fingerprint density at radius 2 is 1.96 bits per heavy atom. The number of hydrogen-bond acceptors (Lipinski definition) is 5. The SMILES string of the molecule is CC(=O)N1CCC(O)(CN2CCC(Cn3nc(C4CC4)ccc3=O)CC2)C1. The molecule has 0 aromatic carbocycles. The smallest absolute Gasteiger partial charge is 0.266 e. The normalized spacial score (nSPS) is 27.3. The highest BCUT2D eigenvalue weighted by atomic mass is 16.3. The van der Waals surface area contributed by atoms with Crippen LogP contribution < -0.4 is 5.56 Å². The number of rotatable bonds is 5. The number of amides is 1. The van der Waals surface area contributed by atoms with Gasteiger partial charge in [0.25, 0.3) is 5.56 Å². The number of β-amino-alcohol motifs (C(OH)–C–C–N with tert-alkyl or cyclic N) is 1. The van der Waals surface area contributed by atoms with Crippen LogP contribution in [0.25, 0.3) is 0 Å². The molecule has 2 aliphatic heterocycles. The van der Waals surface area contributed by atoms with E-state index >= 15 is 0 Å². The molecule has 0 radical (unpaired) electrons. The number of piperidine rings is 1. The maximum absolute atomic E-state index is 12.1. The van der Waals surface area contributed by atoms with E-state index in [4.69, 9.17) is 0 Å². The van der Waals surface area contributed by atoms with Crippen molar-refractivity contribution in [3.05, 3.63) is 28.2 Å². The molecule has 0 spiro atoms. The molecule has 1 aromatic rings. The van der Waals surface area contributed by atoms with Crippen LogP contribution in [0, 0.1) is 5.92 Å². The van der Waals surface area contributed by atoms with Gasteiger partial charge >= 0.3 is 0 Å². The van der Waals surface area contributed by atoms with E-state index in [0.29, 0.717) is 44.4 Å². The predicted octanol–water partition coefficient (Wildman–Crippen LogP) is 0.816. The molecule has 3 aliphatic rings. The first-order valence-corrected chi connectivity index (χ1v) is 10.2. The number of aromatic nitrogens is 2. The van der Waals surface area contributed by atoms with Crippen LogP contribution in [0.2, 0.25) is 0 Å². The summed E-state index contributed by atoms with van der Waals surface area (Å²) in [6.45, 7) is 5.80. The summed E-state index contributed by atoms with van der Waals surface area (Å²) < 4.78 is 1.66. The lowest BCUT2D eigenvalue weighted by atomic mass is 9.94. The van der Waals surface area contributed by atoms with E-state index in [2.05, 4.69) is 10.00 Å². The molecule has 1 saturated carbocycles. The number of carbonyl (C=O) groups is 1. The highest BCUT2D eigenvalue weighted by Gasteiger charge is 2.39. The molecule has 1 amide bonds. The minimum Gasteiger partial charge on any atom is -0.387 e. The van der Waals surface area contributed by atoms with Crippen molar-refractivity contribution in [3.8, 4) is 0 Å². The summed E-state index contributed by atoms with van der Waals surface area (Å²) in [7, 11) is 0. The summed E-state index contributed by atoms with van der Waals surface area (Å²) >= 11 is 0. The van der Waals surface area contributed by atoms with Crippen molar-refractivity contribution in [2.45, 2.75) is 57.1 Å². The quantitative estimate of drug-likeness (QED) is 0.825. The molecule has 1 aliphatic carbocycles. The summed E-state index contributed by atoms with van der Waals surface area (Å²) in [6.07, 6.45) is 5.05. The van der Waals surface area contributed by atoms with Gasteiger partial charge in [0.05, 0.1) is 17.8 Å². The van der Waals surface area contributed by atoms with Crippen molar-refractivity contribution in [1.29, 1.82) is 0 Å². The van der Waals surface area contributed by atoms with Gasteiger partial charge in [-0.05, 0) is 57.2 Å². The van der Waals surface area contributed by atoms with E-state index in [0.717, 1.165) is 31.6 Å². The number of carbonyl (C=O) groups excluding carboxylic acids is 1. The lowest BCUT2D eigenvalue weighted by Gasteiger charge is -2.36. The molecular weight excluding hydrogens is 344 g/mol. The van der Waals surface area contributed by atoms with Crippen LogP contribution in [-0.2, 0) is 11.3 Å². The van der Waals surface area contributed by atoms with Crippen LogP contribution in [0.5, 0.6) is 0 Å². The zero-order valence-electron chi connectivity index (χ0n) is 16.1. The van der Waals surface area contributed by atoms with Crippen molar-refractivity contribution in [2.75, 3.05) is 32.7 Å². The molecule has 27 heavy (non-hydrogen) atoms. The molecule has 1 aromatic heterocycles. The Morgan fingerprint density at radius 3 is 2.59 bits per heavy atom. The molecule has 4 rings (SSSR count). The molecule has 2 saturated heterocycles. The van der Waals surface area contributed by atoms with Gasteiger partial charge in [0.2, 0.25) is 5.91 Å². The van der Waals surface area contributed by atoms with Crippen molar-refractivity contribution in [1.82, 2.24) is 19.6 Å². The molecule has 1 unspecified atom stereocenters. The first kappa shape index (κ1) is 18.6. The number of hydrogen-bond donors (Lipinski definition) is 1. The number of nitrogens with zero attached hydrogens (tertiary/aromatic N) is 4. The molecule has 0 bridgehead atoms. The lowest BCUT2D eigenvalue weighted by Crippen LogP contribution is -2.48. The van der Waals surface area contributed by atoms with Crippen molar-refractivity contribution in [3.63, 3.8) is 0 Å². The summed E-state index contributed by atoms with van der Waals surface area (Å²) in [5.74, 6) is 1.05. The molecular formula is C20H30N4O3. The Kier molecular flexibility index (Phi) is 5.07. The van der Waals surface area contributed by atoms with Crippen molar-refractivity contribution in [2.24, 2.45) is 5.92 Å². The van der Waals surface area contributed by atoms with Crippen LogP contribution in [0.4, 0.5) is 0 Å². The third-order valence-corrected chi connectivity index (χ3v) is 6.32. The second kappa shape index (κ2) is 7.36. The Labute approximate surface area is 160 Å². The minimum atomic E-state index is -0.782. The Morgan fingerprint density at radius 1 is 1.22 bits per heavy atom. The van der Waals surface area contributed by atoms with Crippen LogP contribution in [0.3, 0.4) is 0 Å². The van der Waals surface area contributed by atoms with Gasteiger partial charge in [-0.2, -0.15) is 5.10 Å². The second-order valence-corrected chi connectivity index (χ2v) is 8.69. The molecule has 7 heteroatoms. The molecule has 1 N–H and O–H groups in total. The van der Waals surface area contributed by atoms with Crippen LogP contribution in [0.1, 0.15) is 50.6 Å². The molecule has 7 nitrogen and oxygen atoms in total. The summed E-state index contributed by atoms with van der Waals surface area (Å²) in [5, 5.41) is 15.4. The standard InChI is InChI=1S/C20H30N4O3/c1-15(25)23-11-8-20(27,14-23)13-22-9-6-16(7-10-22)12-24-19(26)5-4-18(21-24)17-2-3-17/h4-5,16-17,27H,2-3,6-14H2,1H3. The minimum absolute atomic E-state index is 0.00794. The third-order valence-electron chi connectivity index (χ3n) is 6.32. The predicted molar refractivity (Wildman–Crippen MR) is 101 cm³/mol. The first-order chi connectivity index (χ1) is 12.9. The van der Waals surface area contributed by atoms with Gasteiger partial charge in [-0.1, -0.05) is 0 Å². The lowest BCUT2D eigenvalue weighted by molar-refractivity contribution is -0.129. The zero-order chi connectivity index (χ0) is 19.0. The maximum atomic E-state index is 12.1. The van der Waals surface area contributed by atoms with E-state index in [1.165, 1.54) is 12.8 Å². The molecule has 1 atom stereocenters. The average molecular weight is 374 g/mol. The van der Waals surface area contributed by atoms with E-state index in [9.17, 15) is 14.7 Å². The fourth-order valence-electron chi connectivity index (χ4n) is 4.43. The van der Waals surface area contributed by atoms with Gasteiger partial charge in [0, 0.05) is 38.5 Å². The van der Waals surface area contributed by atoms with Gasteiger partial charge in [-0.25, -0.2) is 4.68 Å². The van der Waals surface area contributed by atoms with Gasteiger partial charge in [-0.15, -0.1) is 0 Å². The fourth-order valence-corrected chi connectivity index (χ4v) is 4.43. The third kappa shape index (κ3) is 4.41. The van der Waals surface area contributed by atoms with Gasteiger partial charge < -0.3 is 14.9 Å². The highest BCUT2D eigenvalue weighted by Crippen LogP contribution is 2.38. The van der Waals surface area contributed by atoms with E-state index in [1.54, 1.807) is 22.6 Å². The summed E-state index contributed by atoms with van der Waals surface area (Å²) in [5.41, 5.74) is 0.271. The summed E-state index contributed by atoms with van der Waals surface area (Å²) in [6, 6.07) is 3.54. The molecule has 3 fully saturated rings. The average Bonchev–Trinajstić information content (AvgIpc) is 3.41. The number of likely N-dealkylation sites (tertiary alicyclic amines) is 2. The first-order valence-electron chi connectivity index (χ1n) is 10.2. The number of aliphatic hydroxyl groups is 1. The fraction of sp³-hybridized carbons (Fsp3) is 0.750. The maximum Gasteiger partial charge on any atom is 0.266 e. The largest absolute Gasteiger partial charge is 0.387 e.